The highest BCUT2D eigenvalue weighted by atomic mass is 35.5. The normalized spacial score (nSPS) is 21.5. The maximum atomic E-state index is 13.3. The van der Waals surface area contributed by atoms with E-state index in [2.05, 4.69) is 17.0 Å². The van der Waals surface area contributed by atoms with Gasteiger partial charge in [0, 0.05) is 51.0 Å². The molecular formula is C24H32ClN5O4. The first-order valence-corrected chi connectivity index (χ1v) is 11.9. The molecule has 2 aliphatic heterocycles. The molecule has 0 unspecified atom stereocenters. The number of piperazine rings is 1. The number of morpholine rings is 1. The maximum absolute atomic E-state index is 13.3. The minimum Gasteiger partial charge on any atom is -0.490 e. The summed E-state index contributed by atoms with van der Waals surface area (Å²) in [5, 5.41) is 4.77. The van der Waals surface area contributed by atoms with Gasteiger partial charge in [-0.2, -0.15) is 5.10 Å². The van der Waals surface area contributed by atoms with Crippen LogP contribution < -0.4 is 4.74 Å². The molecule has 2 amide bonds. The summed E-state index contributed by atoms with van der Waals surface area (Å²) < 4.78 is 13.9. The van der Waals surface area contributed by atoms with Gasteiger partial charge in [-0.3, -0.25) is 14.3 Å². The second kappa shape index (κ2) is 10.3. The first-order valence-electron chi connectivity index (χ1n) is 11.5. The number of halogens is 1. The van der Waals surface area contributed by atoms with Crippen molar-refractivity contribution >= 4 is 23.4 Å². The lowest BCUT2D eigenvalue weighted by Crippen LogP contribution is -2.59. The van der Waals surface area contributed by atoms with Crippen LogP contribution in [0.5, 0.6) is 5.75 Å². The van der Waals surface area contributed by atoms with E-state index >= 15 is 0 Å². The van der Waals surface area contributed by atoms with E-state index in [9.17, 15) is 9.59 Å². The van der Waals surface area contributed by atoms with Crippen molar-refractivity contribution in [1.82, 2.24) is 24.5 Å². The lowest BCUT2D eigenvalue weighted by Gasteiger charge is -2.43. The lowest BCUT2D eigenvalue weighted by atomic mass is 9.96. The zero-order valence-corrected chi connectivity index (χ0v) is 20.8. The van der Waals surface area contributed by atoms with Crippen molar-refractivity contribution in [3.63, 3.8) is 0 Å². The van der Waals surface area contributed by atoms with Gasteiger partial charge < -0.3 is 24.2 Å². The Labute approximate surface area is 205 Å². The van der Waals surface area contributed by atoms with E-state index in [1.807, 2.05) is 17.9 Å². The van der Waals surface area contributed by atoms with Crippen LogP contribution in [0, 0.1) is 6.92 Å². The number of amides is 2. The van der Waals surface area contributed by atoms with Crippen LogP contribution >= 0.6 is 11.6 Å². The van der Waals surface area contributed by atoms with Gasteiger partial charge in [0.15, 0.2) is 0 Å². The van der Waals surface area contributed by atoms with Crippen LogP contribution in [0.2, 0.25) is 5.02 Å². The first kappa shape index (κ1) is 24.5. The molecule has 2 aromatic rings. The smallest absolute Gasteiger partial charge is 0.272 e. The van der Waals surface area contributed by atoms with Crippen LogP contribution in [0.25, 0.3) is 0 Å². The summed E-state index contributed by atoms with van der Waals surface area (Å²) >= 11 is 6.15. The van der Waals surface area contributed by atoms with Crippen molar-refractivity contribution < 1.29 is 19.1 Å². The van der Waals surface area contributed by atoms with Crippen molar-refractivity contribution in [2.45, 2.75) is 18.9 Å². The summed E-state index contributed by atoms with van der Waals surface area (Å²) in [6.45, 7) is 6.10. The number of ether oxygens (including phenoxy) is 2. The molecular weight excluding hydrogens is 458 g/mol. The van der Waals surface area contributed by atoms with Crippen LogP contribution in [-0.2, 0) is 16.6 Å². The van der Waals surface area contributed by atoms with Crippen LogP contribution in [0.4, 0.5) is 0 Å². The molecule has 0 saturated carbocycles. The first-order chi connectivity index (χ1) is 16.3. The Morgan fingerprint density at radius 2 is 1.88 bits per heavy atom. The van der Waals surface area contributed by atoms with E-state index in [1.165, 1.54) is 0 Å². The Kier molecular flexibility index (Phi) is 7.45. The third-order valence-electron chi connectivity index (χ3n) is 6.54. The quantitative estimate of drug-likeness (QED) is 0.616. The van der Waals surface area contributed by atoms with Gasteiger partial charge in [-0.15, -0.1) is 0 Å². The molecule has 10 heteroatoms. The molecule has 0 N–H and O–H groups in total. The van der Waals surface area contributed by atoms with Gasteiger partial charge in [-0.25, -0.2) is 0 Å². The minimum absolute atomic E-state index is 0.0128. The summed E-state index contributed by atoms with van der Waals surface area (Å²) in [5.74, 6) is 0.521. The Morgan fingerprint density at radius 1 is 1.12 bits per heavy atom. The fourth-order valence-electron chi connectivity index (χ4n) is 4.37. The Bertz CT molecular complexity index is 1040. The molecule has 1 aromatic carbocycles. The number of rotatable bonds is 6. The number of carbonyl (C=O) groups excluding carboxylic acids is 2. The second-order valence-corrected chi connectivity index (χ2v) is 9.57. The third-order valence-corrected chi connectivity index (χ3v) is 6.96. The van der Waals surface area contributed by atoms with Crippen molar-refractivity contribution in [2.75, 3.05) is 59.5 Å². The molecule has 0 aliphatic carbocycles. The summed E-state index contributed by atoms with van der Waals surface area (Å²) in [5.41, 5.74) is 0.440. The minimum atomic E-state index is -0.958. The number of aryl methyl sites for hydroxylation is 2. The van der Waals surface area contributed by atoms with Gasteiger partial charge in [-0.05, 0) is 43.8 Å². The Balaban J connectivity index is 1.53. The monoisotopic (exact) mass is 489 g/mol. The van der Waals surface area contributed by atoms with E-state index in [0.29, 0.717) is 42.7 Å². The fourth-order valence-corrected chi connectivity index (χ4v) is 4.49. The molecule has 34 heavy (non-hydrogen) atoms. The van der Waals surface area contributed by atoms with Gasteiger partial charge in [0.1, 0.15) is 23.7 Å². The molecule has 1 atom stereocenters. The average Bonchev–Trinajstić information content (AvgIpc) is 3.25. The van der Waals surface area contributed by atoms with Gasteiger partial charge >= 0.3 is 0 Å². The third kappa shape index (κ3) is 5.54. The number of nitrogens with zero attached hydrogens (tertiary/aromatic N) is 5. The van der Waals surface area contributed by atoms with E-state index in [4.69, 9.17) is 21.1 Å². The van der Waals surface area contributed by atoms with Crippen molar-refractivity contribution in [3.05, 3.63) is 46.7 Å². The topological polar surface area (TPSA) is 80.1 Å². The van der Waals surface area contributed by atoms with E-state index in [1.54, 1.807) is 41.0 Å². The van der Waals surface area contributed by atoms with Crippen molar-refractivity contribution in [1.29, 1.82) is 0 Å². The van der Waals surface area contributed by atoms with Gasteiger partial charge in [-0.1, -0.05) is 11.6 Å². The molecule has 9 nitrogen and oxygen atoms in total. The van der Waals surface area contributed by atoms with E-state index in [0.717, 1.165) is 18.7 Å². The Hall–Kier alpha value is -2.62. The summed E-state index contributed by atoms with van der Waals surface area (Å²) in [4.78, 5) is 32.3. The van der Waals surface area contributed by atoms with Gasteiger partial charge in [0.25, 0.3) is 5.91 Å². The SMILES string of the molecule is Cc1cc(OC[C@]2(CC(=O)N3CCN(C)CC3)CN(C(=O)c3ccnn3C)CCO2)ccc1Cl. The highest BCUT2D eigenvalue weighted by Crippen LogP contribution is 2.28. The highest BCUT2D eigenvalue weighted by molar-refractivity contribution is 6.31. The van der Waals surface area contributed by atoms with Gasteiger partial charge in [0.05, 0.1) is 19.6 Å². The molecule has 3 heterocycles. The molecule has 2 saturated heterocycles. The zero-order valence-electron chi connectivity index (χ0n) is 20.0. The number of hydrogen-bond acceptors (Lipinski definition) is 6. The lowest BCUT2D eigenvalue weighted by molar-refractivity contribution is -0.154. The van der Waals surface area contributed by atoms with Crippen LogP contribution in [0.15, 0.2) is 30.5 Å². The molecule has 2 fully saturated rings. The predicted octanol–water partition coefficient (Wildman–Crippen LogP) is 1.84. The maximum Gasteiger partial charge on any atom is 0.272 e. The van der Waals surface area contributed by atoms with Crippen LogP contribution in [0.3, 0.4) is 0 Å². The number of likely N-dealkylation sites (N-methyl/N-ethyl adjacent to an activating group) is 1. The number of carbonyl (C=O) groups is 2. The zero-order chi connectivity index (χ0) is 24.3. The number of aromatic nitrogens is 2. The number of benzene rings is 1. The largest absolute Gasteiger partial charge is 0.490 e. The van der Waals surface area contributed by atoms with Crippen molar-refractivity contribution in [3.8, 4) is 5.75 Å². The predicted molar refractivity (Wildman–Crippen MR) is 128 cm³/mol. The summed E-state index contributed by atoms with van der Waals surface area (Å²) in [6, 6.07) is 7.14. The molecule has 0 bridgehead atoms. The second-order valence-electron chi connectivity index (χ2n) is 9.16. The standard InChI is InChI=1S/C24H32ClN5O4/c1-18-14-19(4-5-20(18)25)33-17-24(15-22(31)29-10-8-27(2)9-11-29)16-30(12-13-34-24)23(32)21-6-7-26-28(21)3/h4-7,14H,8-13,15-17H2,1-3H3/t24-/m0/s1. The summed E-state index contributed by atoms with van der Waals surface area (Å²) in [6.07, 6.45) is 1.74. The molecule has 4 rings (SSSR count). The summed E-state index contributed by atoms with van der Waals surface area (Å²) in [7, 11) is 3.79. The van der Waals surface area contributed by atoms with E-state index < -0.39 is 5.60 Å². The molecule has 0 radical (unpaired) electrons. The molecule has 2 aliphatic rings. The van der Waals surface area contributed by atoms with Crippen molar-refractivity contribution in [2.24, 2.45) is 7.05 Å². The number of hydrogen-bond donors (Lipinski definition) is 0. The van der Waals surface area contributed by atoms with Crippen LogP contribution in [0.1, 0.15) is 22.5 Å². The van der Waals surface area contributed by atoms with Gasteiger partial charge in [0.2, 0.25) is 5.91 Å². The highest BCUT2D eigenvalue weighted by Gasteiger charge is 2.43. The molecule has 184 valence electrons. The molecule has 0 spiro atoms. The average molecular weight is 490 g/mol. The van der Waals surface area contributed by atoms with Crippen LogP contribution in [-0.4, -0.2) is 101 Å². The van der Waals surface area contributed by atoms with E-state index in [-0.39, 0.29) is 31.4 Å². The Morgan fingerprint density at radius 3 is 2.56 bits per heavy atom. The fraction of sp³-hybridized carbons (Fsp3) is 0.542. The molecule has 1 aromatic heterocycles.